The molecule has 5 heteroatoms. The molecule has 5 rings (SSSR count). The zero-order valence-corrected chi connectivity index (χ0v) is 19.4. The maximum atomic E-state index is 13.6. The van der Waals surface area contributed by atoms with E-state index in [9.17, 15) is 4.79 Å². The van der Waals surface area contributed by atoms with Crippen molar-refractivity contribution in [2.75, 3.05) is 0 Å². The van der Waals surface area contributed by atoms with Crippen LogP contribution in [-0.2, 0) is 20.1 Å². The van der Waals surface area contributed by atoms with Crippen molar-refractivity contribution in [3.63, 3.8) is 0 Å². The van der Waals surface area contributed by atoms with Crippen molar-refractivity contribution >= 4 is 33.5 Å². The van der Waals surface area contributed by atoms with Gasteiger partial charge in [0, 0.05) is 29.7 Å². The lowest BCUT2D eigenvalue weighted by Gasteiger charge is -2.21. The molecule has 0 spiro atoms. The Bertz CT molecular complexity index is 1330. The Morgan fingerprint density at radius 2 is 1.68 bits per heavy atom. The minimum atomic E-state index is 0.0857. The highest BCUT2D eigenvalue weighted by Crippen LogP contribution is 2.31. The SMILES string of the molecule is Cc1c(C)n(C)c2c(Cn3c(=O)n(CC4CCCCC4)c4ccccc43)cc(Cl)cc12. The van der Waals surface area contributed by atoms with E-state index < -0.39 is 0 Å². The van der Waals surface area contributed by atoms with Gasteiger partial charge in [0.25, 0.3) is 0 Å². The molecular formula is C26H30ClN3O. The summed E-state index contributed by atoms with van der Waals surface area (Å²) in [7, 11) is 2.09. The van der Waals surface area contributed by atoms with E-state index in [0.29, 0.717) is 12.5 Å². The second-order valence-electron chi connectivity index (χ2n) is 9.20. The molecule has 4 aromatic rings. The summed E-state index contributed by atoms with van der Waals surface area (Å²) in [5.41, 5.74) is 6.84. The molecule has 0 unspecified atom stereocenters. The molecule has 0 bridgehead atoms. The van der Waals surface area contributed by atoms with Gasteiger partial charge in [-0.25, -0.2) is 4.79 Å². The highest BCUT2D eigenvalue weighted by Gasteiger charge is 2.20. The molecule has 1 saturated carbocycles. The number of nitrogens with zero attached hydrogens (tertiary/aromatic N) is 3. The van der Waals surface area contributed by atoms with Gasteiger partial charge in [-0.1, -0.05) is 43.0 Å². The summed E-state index contributed by atoms with van der Waals surface area (Å²) in [6.45, 7) is 5.61. The van der Waals surface area contributed by atoms with Gasteiger partial charge in [0.05, 0.1) is 23.1 Å². The fourth-order valence-electron chi connectivity index (χ4n) is 5.47. The minimum Gasteiger partial charge on any atom is -0.347 e. The first kappa shape index (κ1) is 20.4. The lowest BCUT2D eigenvalue weighted by molar-refractivity contribution is 0.318. The monoisotopic (exact) mass is 435 g/mol. The Hall–Kier alpha value is -2.46. The van der Waals surface area contributed by atoms with Gasteiger partial charge >= 0.3 is 5.69 Å². The number of imidazole rings is 1. The molecule has 162 valence electrons. The van der Waals surface area contributed by atoms with E-state index in [1.807, 2.05) is 33.4 Å². The lowest BCUT2D eigenvalue weighted by Crippen LogP contribution is -2.28. The molecule has 0 N–H and O–H groups in total. The van der Waals surface area contributed by atoms with Crippen LogP contribution in [0.25, 0.3) is 21.9 Å². The number of para-hydroxylation sites is 2. The number of rotatable bonds is 4. The third kappa shape index (κ3) is 3.41. The topological polar surface area (TPSA) is 31.9 Å². The minimum absolute atomic E-state index is 0.0857. The van der Waals surface area contributed by atoms with E-state index in [0.717, 1.165) is 33.7 Å². The number of benzene rings is 2. The van der Waals surface area contributed by atoms with Crippen LogP contribution in [0.5, 0.6) is 0 Å². The highest BCUT2D eigenvalue weighted by molar-refractivity contribution is 6.31. The van der Waals surface area contributed by atoms with Crippen molar-refractivity contribution in [2.24, 2.45) is 13.0 Å². The van der Waals surface area contributed by atoms with Crippen LogP contribution in [0, 0.1) is 19.8 Å². The summed E-state index contributed by atoms with van der Waals surface area (Å²) >= 11 is 6.51. The molecule has 2 aromatic carbocycles. The van der Waals surface area contributed by atoms with E-state index in [-0.39, 0.29) is 5.69 Å². The fourth-order valence-corrected chi connectivity index (χ4v) is 5.71. The van der Waals surface area contributed by atoms with Crippen LogP contribution in [0.1, 0.15) is 48.9 Å². The van der Waals surface area contributed by atoms with Crippen molar-refractivity contribution in [2.45, 2.75) is 59.0 Å². The smallest absolute Gasteiger partial charge is 0.329 e. The molecule has 4 nitrogen and oxygen atoms in total. The average molecular weight is 436 g/mol. The number of fused-ring (bicyclic) bond motifs is 2. The summed E-state index contributed by atoms with van der Waals surface area (Å²) < 4.78 is 6.16. The Morgan fingerprint density at radius 1 is 1.00 bits per heavy atom. The molecule has 31 heavy (non-hydrogen) atoms. The molecule has 0 aliphatic heterocycles. The van der Waals surface area contributed by atoms with Crippen molar-refractivity contribution in [1.82, 2.24) is 13.7 Å². The predicted molar refractivity (Wildman–Crippen MR) is 129 cm³/mol. The summed E-state index contributed by atoms with van der Waals surface area (Å²) in [6, 6.07) is 12.3. The first-order valence-corrected chi connectivity index (χ1v) is 11.8. The number of halogens is 1. The van der Waals surface area contributed by atoms with E-state index in [4.69, 9.17) is 11.6 Å². The lowest BCUT2D eigenvalue weighted by atomic mass is 9.89. The van der Waals surface area contributed by atoms with Crippen LogP contribution in [-0.4, -0.2) is 13.7 Å². The van der Waals surface area contributed by atoms with Gasteiger partial charge in [-0.15, -0.1) is 0 Å². The highest BCUT2D eigenvalue weighted by atomic mass is 35.5. The third-order valence-corrected chi connectivity index (χ3v) is 7.58. The summed E-state index contributed by atoms with van der Waals surface area (Å²) in [5, 5.41) is 1.89. The molecule has 1 aliphatic carbocycles. The standard InChI is InChI=1S/C26H30ClN3O/c1-17-18(2)28(3)25-20(13-21(27)14-22(17)25)16-30-24-12-8-7-11-23(24)29(26(30)31)15-19-9-5-4-6-10-19/h7-8,11-14,19H,4-6,9-10,15-16H2,1-3H3. The van der Waals surface area contributed by atoms with Crippen LogP contribution in [0.4, 0.5) is 0 Å². The molecule has 0 atom stereocenters. The fraction of sp³-hybridized carbons (Fsp3) is 0.423. The number of aromatic nitrogens is 3. The van der Waals surface area contributed by atoms with Crippen molar-refractivity contribution < 1.29 is 0 Å². The Kier molecular flexibility index (Phi) is 5.21. The maximum Gasteiger partial charge on any atom is 0.329 e. The molecule has 2 aromatic heterocycles. The van der Waals surface area contributed by atoms with Gasteiger partial charge < -0.3 is 4.57 Å². The molecule has 1 fully saturated rings. The van der Waals surface area contributed by atoms with Gasteiger partial charge in [0.2, 0.25) is 0 Å². The molecule has 0 amide bonds. The number of hydrogen-bond acceptors (Lipinski definition) is 1. The quantitative estimate of drug-likeness (QED) is 0.376. The van der Waals surface area contributed by atoms with E-state index in [1.54, 1.807) is 0 Å². The maximum absolute atomic E-state index is 13.6. The Balaban J connectivity index is 1.65. The first-order valence-electron chi connectivity index (χ1n) is 11.4. The van der Waals surface area contributed by atoms with Gasteiger partial charge in [0.15, 0.2) is 0 Å². The van der Waals surface area contributed by atoms with E-state index in [1.165, 1.54) is 48.7 Å². The van der Waals surface area contributed by atoms with Gasteiger partial charge in [0.1, 0.15) is 0 Å². The van der Waals surface area contributed by atoms with Crippen molar-refractivity contribution in [3.8, 4) is 0 Å². The van der Waals surface area contributed by atoms with Crippen LogP contribution in [0.3, 0.4) is 0 Å². The molecule has 1 aliphatic rings. The Morgan fingerprint density at radius 3 is 2.39 bits per heavy atom. The van der Waals surface area contributed by atoms with E-state index in [2.05, 4.69) is 37.6 Å². The molecule has 0 radical (unpaired) electrons. The molecular weight excluding hydrogens is 406 g/mol. The largest absolute Gasteiger partial charge is 0.347 e. The Labute approximate surface area is 188 Å². The van der Waals surface area contributed by atoms with Crippen LogP contribution in [0.2, 0.25) is 5.02 Å². The van der Waals surface area contributed by atoms with Crippen LogP contribution < -0.4 is 5.69 Å². The summed E-state index contributed by atoms with van der Waals surface area (Å²) in [6.07, 6.45) is 6.34. The zero-order valence-electron chi connectivity index (χ0n) is 18.6. The van der Waals surface area contributed by atoms with Gasteiger partial charge in [-0.2, -0.15) is 0 Å². The van der Waals surface area contributed by atoms with Crippen molar-refractivity contribution in [1.29, 1.82) is 0 Å². The average Bonchev–Trinajstić information content (AvgIpc) is 3.15. The number of hydrogen-bond donors (Lipinski definition) is 0. The molecule has 2 heterocycles. The van der Waals surface area contributed by atoms with Gasteiger partial charge in [-0.3, -0.25) is 9.13 Å². The molecule has 0 saturated heterocycles. The van der Waals surface area contributed by atoms with E-state index >= 15 is 0 Å². The predicted octanol–water partition coefficient (Wildman–Crippen LogP) is 6.19. The second-order valence-corrected chi connectivity index (χ2v) is 9.64. The van der Waals surface area contributed by atoms with Gasteiger partial charge in [-0.05, 0) is 68.0 Å². The summed E-state index contributed by atoms with van der Waals surface area (Å²) in [5.74, 6) is 0.599. The third-order valence-electron chi connectivity index (χ3n) is 7.36. The van der Waals surface area contributed by atoms with Crippen LogP contribution >= 0.6 is 11.6 Å². The van der Waals surface area contributed by atoms with Crippen LogP contribution in [0.15, 0.2) is 41.2 Å². The zero-order chi connectivity index (χ0) is 21.7. The second kappa shape index (κ2) is 7.90. The first-order chi connectivity index (χ1) is 15.0. The van der Waals surface area contributed by atoms with Crippen molar-refractivity contribution in [3.05, 3.63) is 68.7 Å². The summed E-state index contributed by atoms with van der Waals surface area (Å²) in [4.78, 5) is 13.6. The normalized spacial score (nSPS) is 15.4. The number of aryl methyl sites for hydroxylation is 2.